The van der Waals surface area contributed by atoms with Gasteiger partial charge in [0, 0.05) is 13.1 Å². The highest BCUT2D eigenvalue weighted by molar-refractivity contribution is 5.80. The summed E-state index contributed by atoms with van der Waals surface area (Å²) < 4.78 is 5.58. The van der Waals surface area contributed by atoms with Crippen LogP contribution in [-0.4, -0.2) is 18.6 Å². The third kappa shape index (κ3) is 4.75. The molecule has 0 saturated carbocycles. The van der Waals surface area contributed by atoms with Gasteiger partial charge in [0.15, 0.2) is 6.10 Å². The summed E-state index contributed by atoms with van der Waals surface area (Å²) in [6.07, 6.45) is -0.503. The van der Waals surface area contributed by atoms with Crippen molar-refractivity contribution in [2.24, 2.45) is 11.7 Å². The third-order valence-electron chi connectivity index (χ3n) is 2.50. The molecule has 4 nitrogen and oxygen atoms in total. The molecule has 1 atom stereocenters. The van der Waals surface area contributed by atoms with Crippen LogP contribution in [0.5, 0.6) is 5.75 Å². The van der Waals surface area contributed by atoms with Crippen molar-refractivity contribution < 1.29 is 9.53 Å². The van der Waals surface area contributed by atoms with Gasteiger partial charge in [-0.2, -0.15) is 0 Å². The Balaban J connectivity index is 2.52. The molecule has 1 aromatic carbocycles. The van der Waals surface area contributed by atoms with Gasteiger partial charge in [0.2, 0.25) is 0 Å². The molecule has 0 heterocycles. The van der Waals surface area contributed by atoms with Crippen molar-refractivity contribution in [1.82, 2.24) is 5.32 Å². The summed E-state index contributed by atoms with van der Waals surface area (Å²) in [6, 6.07) is 7.48. The minimum absolute atomic E-state index is 0.0955. The van der Waals surface area contributed by atoms with Crippen LogP contribution in [0.15, 0.2) is 24.3 Å². The molecule has 4 heteroatoms. The number of benzene rings is 1. The van der Waals surface area contributed by atoms with Gasteiger partial charge in [-0.25, -0.2) is 0 Å². The summed E-state index contributed by atoms with van der Waals surface area (Å²) in [4.78, 5) is 11.7. The zero-order chi connectivity index (χ0) is 13.5. The van der Waals surface area contributed by atoms with Gasteiger partial charge in [-0.1, -0.05) is 26.0 Å². The Labute approximate surface area is 109 Å². The maximum absolute atomic E-state index is 11.7. The van der Waals surface area contributed by atoms with Crippen molar-refractivity contribution in [2.45, 2.75) is 33.4 Å². The number of ether oxygens (including phenoxy) is 1. The van der Waals surface area contributed by atoms with Gasteiger partial charge < -0.3 is 15.8 Å². The molecule has 1 amide bonds. The second-order valence-electron chi connectivity index (χ2n) is 4.75. The van der Waals surface area contributed by atoms with Gasteiger partial charge >= 0.3 is 0 Å². The van der Waals surface area contributed by atoms with Crippen molar-refractivity contribution in [3.8, 4) is 5.75 Å². The molecule has 0 radical (unpaired) electrons. The molecule has 0 aliphatic heterocycles. The van der Waals surface area contributed by atoms with Gasteiger partial charge in [-0.3, -0.25) is 4.79 Å². The molecular formula is C14H22N2O2. The minimum atomic E-state index is -0.503. The van der Waals surface area contributed by atoms with E-state index >= 15 is 0 Å². The number of carbonyl (C=O) groups is 1. The molecule has 1 unspecified atom stereocenters. The van der Waals surface area contributed by atoms with Gasteiger partial charge in [0.05, 0.1) is 0 Å². The summed E-state index contributed by atoms with van der Waals surface area (Å²) in [7, 11) is 0. The van der Waals surface area contributed by atoms with E-state index in [1.165, 1.54) is 0 Å². The Morgan fingerprint density at radius 1 is 1.39 bits per heavy atom. The summed E-state index contributed by atoms with van der Waals surface area (Å²) in [5.74, 6) is 1.01. The normalized spacial score (nSPS) is 12.3. The van der Waals surface area contributed by atoms with Gasteiger partial charge in [0.25, 0.3) is 5.91 Å². The van der Waals surface area contributed by atoms with E-state index < -0.39 is 6.10 Å². The maximum Gasteiger partial charge on any atom is 0.260 e. The van der Waals surface area contributed by atoms with E-state index in [2.05, 4.69) is 19.2 Å². The highest BCUT2D eigenvalue weighted by Gasteiger charge is 2.14. The van der Waals surface area contributed by atoms with E-state index in [0.29, 0.717) is 24.8 Å². The van der Waals surface area contributed by atoms with Gasteiger partial charge in [-0.05, 0) is 30.5 Å². The molecule has 3 N–H and O–H groups in total. The van der Waals surface area contributed by atoms with Gasteiger partial charge in [-0.15, -0.1) is 0 Å². The molecule has 0 spiro atoms. The van der Waals surface area contributed by atoms with Crippen LogP contribution in [-0.2, 0) is 11.3 Å². The minimum Gasteiger partial charge on any atom is -0.481 e. The lowest BCUT2D eigenvalue weighted by Crippen LogP contribution is -2.38. The maximum atomic E-state index is 11.7. The average molecular weight is 250 g/mol. The van der Waals surface area contributed by atoms with Crippen LogP contribution in [0.25, 0.3) is 0 Å². The zero-order valence-corrected chi connectivity index (χ0v) is 11.3. The molecular weight excluding hydrogens is 228 g/mol. The topological polar surface area (TPSA) is 64.3 Å². The van der Waals surface area contributed by atoms with Crippen LogP contribution in [0.3, 0.4) is 0 Å². The molecule has 0 fully saturated rings. The number of nitrogens with two attached hydrogens (primary N) is 1. The quantitative estimate of drug-likeness (QED) is 0.807. The van der Waals surface area contributed by atoms with Crippen molar-refractivity contribution in [1.29, 1.82) is 0 Å². The van der Waals surface area contributed by atoms with Crippen LogP contribution in [0.4, 0.5) is 0 Å². The summed E-state index contributed by atoms with van der Waals surface area (Å²) in [5.41, 5.74) is 6.54. The summed E-state index contributed by atoms with van der Waals surface area (Å²) in [5, 5.41) is 2.84. The lowest BCUT2D eigenvalue weighted by molar-refractivity contribution is -0.127. The first-order valence-corrected chi connectivity index (χ1v) is 6.26. The van der Waals surface area contributed by atoms with Crippen LogP contribution in [0.2, 0.25) is 0 Å². The largest absolute Gasteiger partial charge is 0.481 e. The highest BCUT2D eigenvalue weighted by atomic mass is 16.5. The fourth-order valence-electron chi connectivity index (χ4n) is 1.45. The second-order valence-corrected chi connectivity index (χ2v) is 4.75. The van der Waals surface area contributed by atoms with E-state index in [1.54, 1.807) is 6.92 Å². The lowest BCUT2D eigenvalue weighted by atomic mass is 10.2. The summed E-state index contributed by atoms with van der Waals surface area (Å²) in [6.45, 7) is 6.97. The number of hydrogen-bond acceptors (Lipinski definition) is 3. The van der Waals surface area contributed by atoms with Crippen molar-refractivity contribution in [3.63, 3.8) is 0 Å². The first-order valence-electron chi connectivity index (χ1n) is 6.26. The molecule has 1 aromatic rings. The van der Waals surface area contributed by atoms with Crippen molar-refractivity contribution >= 4 is 5.91 Å². The number of nitrogens with one attached hydrogen (secondary N) is 1. The standard InChI is InChI=1S/C14H22N2O2/c1-10(2)9-16-14(17)11(3)18-13-6-4-5-12(7-13)8-15/h4-7,10-11H,8-9,15H2,1-3H3,(H,16,17). The van der Waals surface area contributed by atoms with Crippen molar-refractivity contribution in [3.05, 3.63) is 29.8 Å². The number of amides is 1. The fraction of sp³-hybridized carbons (Fsp3) is 0.500. The van der Waals surface area contributed by atoms with Crippen LogP contribution in [0.1, 0.15) is 26.3 Å². The molecule has 0 aliphatic carbocycles. The Bertz CT molecular complexity index is 391. The number of rotatable bonds is 6. The highest BCUT2D eigenvalue weighted by Crippen LogP contribution is 2.14. The van der Waals surface area contributed by atoms with E-state index in [4.69, 9.17) is 10.5 Å². The number of carbonyl (C=O) groups excluding carboxylic acids is 1. The first kappa shape index (κ1) is 14.5. The zero-order valence-electron chi connectivity index (χ0n) is 11.3. The molecule has 100 valence electrons. The monoisotopic (exact) mass is 250 g/mol. The fourth-order valence-corrected chi connectivity index (χ4v) is 1.45. The second kappa shape index (κ2) is 7.01. The first-order chi connectivity index (χ1) is 8.52. The number of hydrogen-bond donors (Lipinski definition) is 2. The summed E-state index contributed by atoms with van der Waals surface area (Å²) >= 11 is 0. The molecule has 0 saturated heterocycles. The molecule has 18 heavy (non-hydrogen) atoms. The third-order valence-corrected chi connectivity index (χ3v) is 2.50. The smallest absolute Gasteiger partial charge is 0.260 e. The predicted octanol–water partition coefficient (Wildman–Crippen LogP) is 1.68. The Hall–Kier alpha value is -1.55. The average Bonchev–Trinajstić information content (AvgIpc) is 2.36. The van der Waals surface area contributed by atoms with E-state index in [0.717, 1.165) is 5.56 Å². The molecule has 1 rings (SSSR count). The lowest BCUT2D eigenvalue weighted by Gasteiger charge is -2.16. The van der Waals surface area contributed by atoms with Gasteiger partial charge in [0.1, 0.15) is 5.75 Å². The molecule has 0 aromatic heterocycles. The Morgan fingerprint density at radius 2 is 2.11 bits per heavy atom. The predicted molar refractivity (Wildman–Crippen MR) is 72.3 cm³/mol. The van der Waals surface area contributed by atoms with Crippen molar-refractivity contribution in [2.75, 3.05) is 6.54 Å². The van der Waals surface area contributed by atoms with E-state index in [-0.39, 0.29) is 5.91 Å². The van der Waals surface area contributed by atoms with Crippen LogP contribution in [0, 0.1) is 5.92 Å². The Kier molecular flexibility index (Phi) is 5.65. The van der Waals surface area contributed by atoms with E-state index in [9.17, 15) is 4.79 Å². The molecule has 0 bridgehead atoms. The van der Waals surface area contributed by atoms with E-state index in [1.807, 2.05) is 24.3 Å². The SMILES string of the molecule is CC(C)CNC(=O)C(C)Oc1cccc(CN)c1. The van der Waals surface area contributed by atoms with Crippen LogP contribution >= 0.6 is 0 Å². The van der Waals surface area contributed by atoms with Crippen LogP contribution < -0.4 is 15.8 Å². The Morgan fingerprint density at radius 3 is 2.72 bits per heavy atom. The molecule has 0 aliphatic rings.